The zero-order chi connectivity index (χ0) is 9.59. The van der Waals surface area contributed by atoms with E-state index in [9.17, 15) is 5.11 Å². The molecule has 0 saturated heterocycles. The molecule has 1 aliphatic carbocycles. The summed E-state index contributed by atoms with van der Waals surface area (Å²) in [5, 5.41) is 9.91. The topological polar surface area (TPSA) is 20.2 Å². The quantitative estimate of drug-likeness (QED) is 0.696. The highest BCUT2D eigenvalue weighted by atomic mass is 16.3. The first kappa shape index (κ1) is 8.61. The van der Waals surface area contributed by atoms with Crippen molar-refractivity contribution in [2.75, 3.05) is 0 Å². The van der Waals surface area contributed by atoms with Crippen LogP contribution in [0.3, 0.4) is 0 Å². The summed E-state index contributed by atoms with van der Waals surface area (Å²) in [5.41, 5.74) is 4.75. The average Bonchev–Trinajstić information content (AvgIpc) is 2.91. The molecule has 0 radical (unpaired) electrons. The molecule has 0 aliphatic heterocycles. The molecule has 1 fully saturated rings. The van der Waals surface area contributed by atoms with Gasteiger partial charge in [-0.1, -0.05) is 6.07 Å². The molecule has 1 aliphatic rings. The van der Waals surface area contributed by atoms with Crippen LogP contribution in [0.4, 0.5) is 0 Å². The van der Waals surface area contributed by atoms with E-state index < -0.39 is 0 Å². The van der Waals surface area contributed by atoms with Crippen molar-refractivity contribution in [3.8, 4) is 5.75 Å². The molecule has 1 nitrogen and oxygen atoms in total. The highest BCUT2D eigenvalue weighted by Gasteiger charge is 2.27. The van der Waals surface area contributed by atoms with Crippen molar-refractivity contribution in [3.05, 3.63) is 28.3 Å². The molecule has 1 aromatic carbocycles. The zero-order valence-corrected chi connectivity index (χ0v) is 8.52. The lowest BCUT2D eigenvalue weighted by molar-refractivity contribution is 0.463. The van der Waals surface area contributed by atoms with Gasteiger partial charge in [0, 0.05) is 0 Å². The van der Waals surface area contributed by atoms with Gasteiger partial charge in [0.2, 0.25) is 0 Å². The molecule has 0 bridgehead atoms. The SMILES string of the molecule is Cc1cc(C2CC2)c(O)c(C)c1C. The van der Waals surface area contributed by atoms with E-state index in [2.05, 4.69) is 19.9 Å². The van der Waals surface area contributed by atoms with Gasteiger partial charge in [0.1, 0.15) is 5.75 Å². The number of aromatic hydroxyl groups is 1. The van der Waals surface area contributed by atoms with Gasteiger partial charge in [0.15, 0.2) is 0 Å². The Morgan fingerprint density at radius 3 is 2.31 bits per heavy atom. The van der Waals surface area contributed by atoms with E-state index in [1.807, 2.05) is 6.92 Å². The largest absolute Gasteiger partial charge is 0.507 e. The van der Waals surface area contributed by atoms with Crippen molar-refractivity contribution in [1.82, 2.24) is 0 Å². The van der Waals surface area contributed by atoms with Crippen molar-refractivity contribution in [2.24, 2.45) is 0 Å². The lowest BCUT2D eigenvalue weighted by Gasteiger charge is -2.11. The van der Waals surface area contributed by atoms with Gasteiger partial charge < -0.3 is 5.11 Å². The maximum atomic E-state index is 9.91. The first-order chi connectivity index (χ1) is 6.11. The van der Waals surface area contributed by atoms with Gasteiger partial charge in [-0.3, -0.25) is 0 Å². The molecule has 0 atom stereocenters. The second kappa shape index (κ2) is 2.76. The predicted octanol–water partition coefficient (Wildman–Crippen LogP) is 3.19. The highest BCUT2D eigenvalue weighted by molar-refractivity contribution is 5.50. The fraction of sp³-hybridized carbons (Fsp3) is 0.500. The highest BCUT2D eigenvalue weighted by Crippen LogP contribution is 2.45. The van der Waals surface area contributed by atoms with Crippen molar-refractivity contribution < 1.29 is 5.11 Å². The normalized spacial score (nSPS) is 16.2. The summed E-state index contributed by atoms with van der Waals surface area (Å²) in [4.78, 5) is 0. The zero-order valence-electron chi connectivity index (χ0n) is 8.52. The van der Waals surface area contributed by atoms with Gasteiger partial charge in [-0.15, -0.1) is 0 Å². The first-order valence-electron chi connectivity index (χ1n) is 4.91. The van der Waals surface area contributed by atoms with Crippen LogP contribution >= 0.6 is 0 Å². The van der Waals surface area contributed by atoms with Gasteiger partial charge in [0.25, 0.3) is 0 Å². The van der Waals surface area contributed by atoms with Gasteiger partial charge in [-0.25, -0.2) is 0 Å². The number of hydrogen-bond donors (Lipinski definition) is 1. The molecule has 1 saturated carbocycles. The Morgan fingerprint density at radius 1 is 1.15 bits per heavy atom. The molecule has 0 heterocycles. The van der Waals surface area contributed by atoms with Gasteiger partial charge in [-0.2, -0.15) is 0 Å². The van der Waals surface area contributed by atoms with E-state index in [0.717, 1.165) is 5.56 Å². The van der Waals surface area contributed by atoms with E-state index in [1.54, 1.807) is 0 Å². The van der Waals surface area contributed by atoms with E-state index in [-0.39, 0.29) is 0 Å². The van der Waals surface area contributed by atoms with Gasteiger partial charge >= 0.3 is 0 Å². The Bertz CT molecular complexity index is 349. The van der Waals surface area contributed by atoms with Crippen molar-refractivity contribution in [1.29, 1.82) is 0 Å². The molecule has 0 amide bonds. The van der Waals surface area contributed by atoms with E-state index in [4.69, 9.17) is 0 Å². The molecule has 13 heavy (non-hydrogen) atoms. The summed E-state index contributed by atoms with van der Waals surface area (Å²) in [6.45, 7) is 6.19. The molecule has 1 heteroatoms. The molecule has 70 valence electrons. The van der Waals surface area contributed by atoms with Crippen LogP contribution in [0.5, 0.6) is 5.75 Å². The van der Waals surface area contributed by atoms with Crippen molar-refractivity contribution in [2.45, 2.75) is 39.5 Å². The maximum absolute atomic E-state index is 9.91. The van der Waals surface area contributed by atoms with Gasteiger partial charge in [0.05, 0.1) is 0 Å². The third-order valence-electron chi connectivity index (χ3n) is 3.17. The number of phenolic OH excluding ortho intramolecular Hbond substituents is 1. The fourth-order valence-electron chi connectivity index (χ4n) is 1.81. The standard InChI is InChI=1S/C12H16O/c1-7-6-11(10-4-5-10)12(13)9(3)8(7)2/h6,10,13H,4-5H2,1-3H3. The minimum atomic E-state index is 0.533. The molecular weight excluding hydrogens is 160 g/mol. The summed E-state index contributed by atoms with van der Waals surface area (Å²) in [7, 11) is 0. The maximum Gasteiger partial charge on any atom is 0.122 e. The van der Waals surface area contributed by atoms with Crippen LogP contribution in [0.1, 0.15) is 41.0 Å². The molecule has 0 aromatic heterocycles. The summed E-state index contributed by atoms with van der Waals surface area (Å²) < 4.78 is 0. The summed E-state index contributed by atoms with van der Waals surface area (Å²) in [6, 6.07) is 2.15. The first-order valence-corrected chi connectivity index (χ1v) is 4.91. The van der Waals surface area contributed by atoms with E-state index in [1.165, 1.54) is 29.5 Å². The summed E-state index contributed by atoms with van der Waals surface area (Å²) in [5.74, 6) is 1.17. The predicted molar refractivity (Wildman–Crippen MR) is 54.3 cm³/mol. The third kappa shape index (κ3) is 1.32. The lowest BCUT2D eigenvalue weighted by Crippen LogP contribution is -1.92. The molecule has 0 spiro atoms. The Hall–Kier alpha value is -0.980. The fourth-order valence-corrected chi connectivity index (χ4v) is 1.81. The minimum absolute atomic E-state index is 0.533. The average molecular weight is 176 g/mol. The minimum Gasteiger partial charge on any atom is -0.507 e. The monoisotopic (exact) mass is 176 g/mol. The van der Waals surface area contributed by atoms with Crippen LogP contribution in [-0.2, 0) is 0 Å². The van der Waals surface area contributed by atoms with E-state index >= 15 is 0 Å². The van der Waals surface area contributed by atoms with Crippen LogP contribution in [-0.4, -0.2) is 5.11 Å². The van der Waals surface area contributed by atoms with Crippen LogP contribution in [0.25, 0.3) is 0 Å². The van der Waals surface area contributed by atoms with Crippen LogP contribution in [0.2, 0.25) is 0 Å². The van der Waals surface area contributed by atoms with Crippen LogP contribution < -0.4 is 0 Å². The Labute approximate surface area is 79.4 Å². The Balaban J connectivity index is 2.58. The van der Waals surface area contributed by atoms with Crippen molar-refractivity contribution >= 4 is 0 Å². The smallest absolute Gasteiger partial charge is 0.122 e. The number of aryl methyl sites for hydroxylation is 1. The van der Waals surface area contributed by atoms with Gasteiger partial charge in [-0.05, 0) is 61.8 Å². The molecule has 1 aromatic rings. The number of phenols is 1. The second-order valence-corrected chi connectivity index (χ2v) is 4.16. The van der Waals surface area contributed by atoms with Crippen LogP contribution in [0, 0.1) is 20.8 Å². The lowest BCUT2D eigenvalue weighted by atomic mass is 9.97. The second-order valence-electron chi connectivity index (χ2n) is 4.16. The number of benzene rings is 1. The number of hydrogen-bond acceptors (Lipinski definition) is 1. The van der Waals surface area contributed by atoms with Crippen molar-refractivity contribution in [3.63, 3.8) is 0 Å². The number of rotatable bonds is 1. The van der Waals surface area contributed by atoms with E-state index in [0.29, 0.717) is 11.7 Å². The third-order valence-corrected chi connectivity index (χ3v) is 3.17. The molecule has 0 unspecified atom stereocenters. The van der Waals surface area contributed by atoms with Crippen LogP contribution in [0.15, 0.2) is 6.07 Å². The molecule has 1 N–H and O–H groups in total. The summed E-state index contributed by atoms with van der Waals surface area (Å²) >= 11 is 0. The summed E-state index contributed by atoms with van der Waals surface area (Å²) in [6.07, 6.45) is 2.49. The molecular formula is C12H16O. The Kier molecular flexibility index (Phi) is 1.83. The Morgan fingerprint density at radius 2 is 1.77 bits per heavy atom. The molecule has 2 rings (SSSR count).